The third-order valence-electron chi connectivity index (χ3n) is 2.26. The van der Waals surface area contributed by atoms with Crippen molar-refractivity contribution in [3.63, 3.8) is 0 Å². The molecule has 0 aromatic carbocycles. The number of carboxylic acids is 1. The van der Waals surface area contributed by atoms with E-state index in [9.17, 15) is 9.59 Å². The van der Waals surface area contributed by atoms with E-state index in [1.165, 1.54) is 4.90 Å². The number of carbonyl (C=O) groups is 2. The van der Waals surface area contributed by atoms with Gasteiger partial charge in [0.1, 0.15) is 0 Å². The number of aryl methyl sites for hydroxylation is 1. The van der Waals surface area contributed by atoms with Gasteiger partial charge in [0, 0.05) is 25.4 Å². The molecule has 1 rings (SSSR count). The van der Waals surface area contributed by atoms with Crippen LogP contribution in [0.3, 0.4) is 0 Å². The summed E-state index contributed by atoms with van der Waals surface area (Å²) in [5.74, 6) is -0.851. The number of rotatable bonds is 6. The molecule has 1 heterocycles. The Morgan fingerprint density at radius 3 is 2.83 bits per heavy atom. The molecular formula is C11H17N3O3S. The molecule has 0 unspecified atom stereocenters. The quantitative estimate of drug-likeness (QED) is 0.767. The lowest BCUT2D eigenvalue weighted by Crippen LogP contribution is -2.37. The van der Waals surface area contributed by atoms with Crippen LogP contribution >= 0.6 is 11.3 Å². The maximum Gasteiger partial charge on any atom is 0.317 e. The molecule has 0 bridgehead atoms. The topological polar surface area (TPSA) is 82.5 Å². The Hall–Kier alpha value is -1.63. The molecule has 7 heteroatoms. The van der Waals surface area contributed by atoms with Gasteiger partial charge in [-0.1, -0.05) is 0 Å². The van der Waals surface area contributed by atoms with Crippen molar-refractivity contribution in [2.24, 2.45) is 0 Å². The molecule has 0 aliphatic rings. The van der Waals surface area contributed by atoms with Crippen molar-refractivity contribution in [2.75, 3.05) is 13.6 Å². The number of carbonyl (C=O) groups excluding carboxylic acids is 1. The van der Waals surface area contributed by atoms with Crippen molar-refractivity contribution in [2.45, 2.75) is 26.3 Å². The van der Waals surface area contributed by atoms with Gasteiger partial charge in [0.05, 0.1) is 17.2 Å². The van der Waals surface area contributed by atoms with E-state index in [0.29, 0.717) is 19.5 Å². The van der Waals surface area contributed by atoms with Crippen LogP contribution in [0.1, 0.15) is 23.5 Å². The molecule has 0 radical (unpaired) electrons. The average molecular weight is 271 g/mol. The Balaban J connectivity index is 2.26. The van der Waals surface area contributed by atoms with E-state index in [2.05, 4.69) is 10.3 Å². The molecular weight excluding hydrogens is 254 g/mol. The normalized spacial score (nSPS) is 10.1. The zero-order chi connectivity index (χ0) is 13.5. The van der Waals surface area contributed by atoms with Gasteiger partial charge < -0.3 is 15.3 Å². The van der Waals surface area contributed by atoms with Crippen molar-refractivity contribution in [1.82, 2.24) is 15.2 Å². The van der Waals surface area contributed by atoms with Crippen molar-refractivity contribution in [3.8, 4) is 0 Å². The molecule has 1 aromatic heterocycles. The fourth-order valence-corrected chi connectivity index (χ4v) is 1.97. The molecule has 0 saturated carbocycles. The van der Waals surface area contributed by atoms with Crippen LogP contribution in [-0.2, 0) is 11.3 Å². The van der Waals surface area contributed by atoms with Gasteiger partial charge in [-0.2, -0.15) is 0 Å². The van der Waals surface area contributed by atoms with Gasteiger partial charge >= 0.3 is 12.0 Å². The number of urea groups is 1. The van der Waals surface area contributed by atoms with Gasteiger partial charge in [0.25, 0.3) is 0 Å². The highest BCUT2D eigenvalue weighted by Gasteiger charge is 2.10. The molecule has 0 aliphatic carbocycles. The fourth-order valence-electron chi connectivity index (χ4n) is 1.37. The molecule has 2 amide bonds. The first-order valence-electron chi connectivity index (χ1n) is 5.61. The smallest absolute Gasteiger partial charge is 0.317 e. The zero-order valence-corrected chi connectivity index (χ0v) is 11.3. The monoisotopic (exact) mass is 271 g/mol. The molecule has 18 heavy (non-hydrogen) atoms. The Bertz CT molecular complexity index is 419. The second kappa shape index (κ2) is 6.95. The Kier molecular flexibility index (Phi) is 5.57. The van der Waals surface area contributed by atoms with Crippen LogP contribution in [0.5, 0.6) is 0 Å². The number of thiazole rings is 1. The predicted octanol–water partition coefficient (Wildman–Crippen LogP) is 1.46. The van der Waals surface area contributed by atoms with Crippen LogP contribution in [0.2, 0.25) is 0 Å². The van der Waals surface area contributed by atoms with E-state index in [1.807, 2.05) is 12.3 Å². The minimum absolute atomic E-state index is 0.0648. The molecule has 0 aliphatic heterocycles. The summed E-state index contributed by atoms with van der Waals surface area (Å²) >= 11 is 1.55. The van der Waals surface area contributed by atoms with Gasteiger partial charge in [0.2, 0.25) is 0 Å². The second-order valence-electron chi connectivity index (χ2n) is 3.94. The standard InChI is InChI=1S/C11H17N3O3S/c1-8-13-9(7-18-8)6-14(2)11(17)12-5-3-4-10(15)16/h7H,3-6H2,1-2H3,(H,12,17)(H,15,16). The van der Waals surface area contributed by atoms with Crippen molar-refractivity contribution < 1.29 is 14.7 Å². The first-order chi connectivity index (χ1) is 8.49. The molecule has 2 N–H and O–H groups in total. The number of aromatic nitrogens is 1. The number of hydrogen-bond donors (Lipinski definition) is 2. The maximum atomic E-state index is 11.6. The largest absolute Gasteiger partial charge is 0.481 e. The maximum absolute atomic E-state index is 11.6. The van der Waals surface area contributed by atoms with E-state index in [4.69, 9.17) is 5.11 Å². The Morgan fingerprint density at radius 1 is 1.56 bits per heavy atom. The highest BCUT2D eigenvalue weighted by molar-refractivity contribution is 7.09. The lowest BCUT2D eigenvalue weighted by Gasteiger charge is -2.16. The van der Waals surface area contributed by atoms with E-state index >= 15 is 0 Å². The highest BCUT2D eigenvalue weighted by Crippen LogP contribution is 2.09. The number of amides is 2. The van der Waals surface area contributed by atoms with E-state index in [1.54, 1.807) is 18.4 Å². The van der Waals surface area contributed by atoms with E-state index in [0.717, 1.165) is 10.7 Å². The number of aliphatic carboxylic acids is 1. The second-order valence-corrected chi connectivity index (χ2v) is 5.01. The third kappa shape index (κ3) is 5.13. The first kappa shape index (κ1) is 14.4. The fraction of sp³-hybridized carbons (Fsp3) is 0.545. The predicted molar refractivity (Wildman–Crippen MR) is 68.6 cm³/mol. The van der Waals surface area contributed by atoms with Crippen LogP contribution in [0.25, 0.3) is 0 Å². The molecule has 0 saturated heterocycles. The number of hydrogen-bond acceptors (Lipinski definition) is 4. The van der Waals surface area contributed by atoms with E-state index in [-0.39, 0.29) is 12.5 Å². The van der Waals surface area contributed by atoms with Crippen LogP contribution in [0, 0.1) is 6.92 Å². The van der Waals surface area contributed by atoms with Crippen molar-refractivity contribution in [1.29, 1.82) is 0 Å². The Labute approximate surface area is 110 Å². The summed E-state index contributed by atoms with van der Waals surface area (Å²) in [6, 6.07) is -0.217. The minimum Gasteiger partial charge on any atom is -0.481 e. The van der Waals surface area contributed by atoms with Crippen LogP contribution < -0.4 is 5.32 Å². The summed E-state index contributed by atoms with van der Waals surface area (Å²) < 4.78 is 0. The Morgan fingerprint density at radius 2 is 2.28 bits per heavy atom. The summed E-state index contributed by atoms with van der Waals surface area (Å²) in [4.78, 5) is 27.7. The lowest BCUT2D eigenvalue weighted by atomic mass is 10.3. The first-order valence-corrected chi connectivity index (χ1v) is 6.48. The van der Waals surface area contributed by atoms with Gasteiger partial charge in [-0.25, -0.2) is 9.78 Å². The summed E-state index contributed by atoms with van der Waals surface area (Å²) in [6.07, 6.45) is 0.500. The molecule has 100 valence electrons. The summed E-state index contributed by atoms with van der Waals surface area (Å²) in [7, 11) is 1.68. The summed E-state index contributed by atoms with van der Waals surface area (Å²) in [5.41, 5.74) is 0.862. The van der Waals surface area contributed by atoms with Gasteiger partial charge in [-0.15, -0.1) is 11.3 Å². The molecule has 0 atom stereocenters. The van der Waals surface area contributed by atoms with Crippen LogP contribution in [0.4, 0.5) is 4.79 Å². The molecule has 1 aromatic rings. The van der Waals surface area contributed by atoms with Crippen LogP contribution in [0.15, 0.2) is 5.38 Å². The van der Waals surface area contributed by atoms with Gasteiger partial charge in [-0.05, 0) is 13.3 Å². The summed E-state index contributed by atoms with van der Waals surface area (Å²) in [5, 5.41) is 14.0. The molecule has 6 nitrogen and oxygen atoms in total. The highest BCUT2D eigenvalue weighted by atomic mass is 32.1. The van der Waals surface area contributed by atoms with Gasteiger partial charge in [-0.3, -0.25) is 4.79 Å². The lowest BCUT2D eigenvalue weighted by molar-refractivity contribution is -0.137. The number of nitrogens with one attached hydrogen (secondary N) is 1. The zero-order valence-electron chi connectivity index (χ0n) is 10.5. The molecule has 0 spiro atoms. The van der Waals surface area contributed by atoms with Crippen LogP contribution in [-0.4, -0.2) is 40.6 Å². The molecule has 0 fully saturated rings. The van der Waals surface area contributed by atoms with Crippen molar-refractivity contribution in [3.05, 3.63) is 16.1 Å². The minimum atomic E-state index is -0.851. The SMILES string of the molecule is Cc1nc(CN(C)C(=O)NCCCC(=O)O)cs1. The number of carboxylic acid groups (broad SMARTS) is 1. The summed E-state index contributed by atoms with van der Waals surface area (Å²) in [6.45, 7) is 2.74. The van der Waals surface area contributed by atoms with Crippen molar-refractivity contribution >= 4 is 23.3 Å². The van der Waals surface area contributed by atoms with Gasteiger partial charge in [0.15, 0.2) is 0 Å². The van der Waals surface area contributed by atoms with E-state index < -0.39 is 5.97 Å². The average Bonchev–Trinajstić information content (AvgIpc) is 2.69. The third-order valence-corrected chi connectivity index (χ3v) is 3.08. The number of nitrogens with zero attached hydrogens (tertiary/aromatic N) is 2.